The van der Waals surface area contributed by atoms with Crippen LogP contribution in [0.2, 0.25) is 0 Å². The average Bonchev–Trinajstić information content (AvgIpc) is 2.55. The van der Waals surface area contributed by atoms with Crippen LogP contribution in [0.1, 0.15) is 26.3 Å². The minimum atomic E-state index is -0.489. The van der Waals surface area contributed by atoms with Gasteiger partial charge < -0.3 is 14.9 Å². The summed E-state index contributed by atoms with van der Waals surface area (Å²) in [6.45, 7) is 12.2. The van der Waals surface area contributed by atoms with Gasteiger partial charge in [-0.25, -0.2) is 0 Å². The van der Waals surface area contributed by atoms with Gasteiger partial charge in [0.05, 0.1) is 6.61 Å². The molecule has 1 aromatic rings. The van der Waals surface area contributed by atoms with E-state index in [9.17, 15) is 5.11 Å². The summed E-state index contributed by atoms with van der Waals surface area (Å²) in [7, 11) is 0. The van der Waals surface area contributed by atoms with Crippen LogP contribution in [0, 0.1) is 0 Å². The van der Waals surface area contributed by atoms with Crippen molar-refractivity contribution in [2.45, 2.75) is 32.3 Å². The third-order valence-corrected chi connectivity index (χ3v) is 4.51. The van der Waals surface area contributed by atoms with Crippen molar-refractivity contribution < 1.29 is 14.9 Å². The molecule has 1 unspecified atom stereocenters. The van der Waals surface area contributed by atoms with E-state index in [0.717, 1.165) is 38.5 Å². The summed E-state index contributed by atoms with van der Waals surface area (Å²) < 4.78 is 5.72. The smallest absolute Gasteiger partial charge is 0.119 e. The lowest BCUT2D eigenvalue weighted by Gasteiger charge is -2.35. The molecule has 1 heterocycles. The third-order valence-electron chi connectivity index (χ3n) is 4.51. The zero-order chi connectivity index (χ0) is 17.6. The van der Waals surface area contributed by atoms with Crippen LogP contribution in [0.5, 0.6) is 5.75 Å². The van der Waals surface area contributed by atoms with Gasteiger partial charge in [0.25, 0.3) is 0 Å². The van der Waals surface area contributed by atoms with Crippen LogP contribution in [0.15, 0.2) is 24.3 Å². The first-order chi connectivity index (χ1) is 11.4. The number of aliphatic hydroxyl groups excluding tert-OH is 2. The maximum atomic E-state index is 10.2. The van der Waals surface area contributed by atoms with Gasteiger partial charge in [0.1, 0.15) is 18.5 Å². The molecular weight excluding hydrogens is 304 g/mol. The second-order valence-electron chi connectivity index (χ2n) is 7.61. The first-order valence-electron chi connectivity index (χ1n) is 8.85. The van der Waals surface area contributed by atoms with Crippen LogP contribution in [0.4, 0.5) is 0 Å². The van der Waals surface area contributed by atoms with Gasteiger partial charge in [-0.05, 0) is 23.1 Å². The molecule has 0 aromatic heterocycles. The highest BCUT2D eigenvalue weighted by molar-refractivity contribution is 5.31. The van der Waals surface area contributed by atoms with Crippen molar-refractivity contribution >= 4 is 0 Å². The Balaban J connectivity index is 1.71. The van der Waals surface area contributed by atoms with Gasteiger partial charge >= 0.3 is 0 Å². The van der Waals surface area contributed by atoms with Crippen molar-refractivity contribution in [3.05, 3.63) is 29.8 Å². The quantitative estimate of drug-likeness (QED) is 0.787. The van der Waals surface area contributed by atoms with Gasteiger partial charge in [0.2, 0.25) is 0 Å². The molecule has 24 heavy (non-hydrogen) atoms. The Morgan fingerprint density at radius 1 is 1.04 bits per heavy atom. The Hall–Kier alpha value is -1.14. The van der Waals surface area contributed by atoms with E-state index < -0.39 is 6.10 Å². The van der Waals surface area contributed by atoms with Gasteiger partial charge in [0.15, 0.2) is 0 Å². The van der Waals surface area contributed by atoms with Crippen molar-refractivity contribution in [1.82, 2.24) is 9.80 Å². The maximum Gasteiger partial charge on any atom is 0.119 e. The number of hydrogen-bond acceptors (Lipinski definition) is 5. The topological polar surface area (TPSA) is 56.2 Å². The summed E-state index contributed by atoms with van der Waals surface area (Å²) in [4.78, 5) is 4.50. The molecule has 0 spiro atoms. The fourth-order valence-electron chi connectivity index (χ4n) is 2.93. The third kappa shape index (κ3) is 6.06. The molecule has 1 atom stereocenters. The molecule has 0 amide bonds. The molecule has 1 saturated heterocycles. The number of aliphatic hydroxyl groups is 2. The van der Waals surface area contributed by atoms with Crippen LogP contribution in [-0.2, 0) is 5.41 Å². The van der Waals surface area contributed by atoms with Crippen molar-refractivity contribution in [2.75, 3.05) is 52.5 Å². The summed E-state index contributed by atoms with van der Waals surface area (Å²) in [6, 6.07) is 8.12. The Labute approximate surface area is 145 Å². The van der Waals surface area contributed by atoms with Crippen LogP contribution in [-0.4, -0.2) is 78.6 Å². The SMILES string of the molecule is CC(C)(C)c1ccc(OCC(O)CN2CCN(CCO)CC2)cc1. The highest BCUT2D eigenvalue weighted by Crippen LogP contribution is 2.24. The summed E-state index contributed by atoms with van der Waals surface area (Å²) in [5, 5.41) is 19.2. The normalized spacial score (nSPS) is 18.5. The standard InChI is InChI=1S/C19H32N2O3/c1-19(2,3)16-4-6-18(7-5-16)24-15-17(23)14-21-10-8-20(9-11-21)12-13-22/h4-7,17,22-23H,8-15H2,1-3H3. The molecule has 0 radical (unpaired) electrons. The van der Waals surface area contributed by atoms with E-state index in [4.69, 9.17) is 9.84 Å². The van der Waals surface area contributed by atoms with Crippen molar-refractivity contribution in [3.63, 3.8) is 0 Å². The van der Waals surface area contributed by atoms with E-state index in [-0.39, 0.29) is 12.0 Å². The Morgan fingerprint density at radius 3 is 2.17 bits per heavy atom. The van der Waals surface area contributed by atoms with Crippen LogP contribution >= 0.6 is 0 Å². The van der Waals surface area contributed by atoms with E-state index in [1.807, 2.05) is 12.1 Å². The molecule has 1 aliphatic rings. The van der Waals surface area contributed by atoms with Crippen LogP contribution in [0.3, 0.4) is 0 Å². The van der Waals surface area contributed by atoms with Gasteiger partial charge in [-0.2, -0.15) is 0 Å². The second kappa shape index (κ2) is 8.81. The highest BCUT2D eigenvalue weighted by atomic mass is 16.5. The molecule has 0 saturated carbocycles. The van der Waals surface area contributed by atoms with Gasteiger partial charge in [-0.1, -0.05) is 32.9 Å². The fraction of sp³-hybridized carbons (Fsp3) is 0.684. The predicted molar refractivity (Wildman–Crippen MR) is 96.6 cm³/mol. The molecule has 1 fully saturated rings. The molecule has 136 valence electrons. The Morgan fingerprint density at radius 2 is 1.62 bits per heavy atom. The predicted octanol–water partition coefficient (Wildman–Crippen LogP) is 1.33. The molecule has 5 heteroatoms. The highest BCUT2D eigenvalue weighted by Gasteiger charge is 2.19. The second-order valence-corrected chi connectivity index (χ2v) is 7.61. The lowest BCUT2D eigenvalue weighted by Crippen LogP contribution is -2.49. The molecule has 2 rings (SSSR count). The first-order valence-corrected chi connectivity index (χ1v) is 8.85. The van der Waals surface area contributed by atoms with E-state index in [2.05, 4.69) is 42.7 Å². The number of ether oxygens (including phenoxy) is 1. The molecule has 5 nitrogen and oxygen atoms in total. The lowest BCUT2D eigenvalue weighted by molar-refractivity contribution is 0.0428. The van der Waals surface area contributed by atoms with E-state index in [1.165, 1.54) is 5.56 Å². The Bertz CT molecular complexity index is 476. The number of rotatable bonds is 7. The Kier molecular flexibility index (Phi) is 7.04. The summed E-state index contributed by atoms with van der Waals surface area (Å²) >= 11 is 0. The molecule has 1 aliphatic heterocycles. The average molecular weight is 336 g/mol. The molecule has 0 aliphatic carbocycles. The minimum Gasteiger partial charge on any atom is -0.491 e. The van der Waals surface area contributed by atoms with Crippen molar-refractivity contribution in [1.29, 1.82) is 0 Å². The van der Waals surface area contributed by atoms with E-state index in [1.54, 1.807) is 0 Å². The minimum absolute atomic E-state index is 0.135. The van der Waals surface area contributed by atoms with E-state index in [0.29, 0.717) is 13.2 Å². The number of β-amino-alcohol motifs (C(OH)–C–C–N with tert-alkyl or cyclic N) is 2. The summed E-state index contributed by atoms with van der Waals surface area (Å²) in [5.74, 6) is 0.801. The van der Waals surface area contributed by atoms with Crippen molar-refractivity contribution in [2.24, 2.45) is 0 Å². The zero-order valence-corrected chi connectivity index (χ0v) is 15.2. The fourth-order valence-corrected chi connectivity index (χ4v) is 2.93. The molecule has 2 N–H and O–H groups in total. The number of benzene rings is 1. The number of hydrogen-bond donors (Lipinski definition) is 2. The van der Waals surface area contributed by atoms with Gasteiger partial charge in [0, 0.05) is 39.3 Å². The van der Waals surface area contributed by atoms with Crippen LogP contribution < -0.4 is 4.74 Å². The molecular formula is C19H32N2O3. The molecule has 0 bridgehead atoms. The van der Waals surface area contributed by atoms with Crippen LogP contribution in [0.25, 0.3) is 0 Å². The first kappa shape index (κ1) is 19.2. The van der Waals surface area contributed by atoms with E-state index >= 15 is 0 Å². The number of piperazine rings is 1. The van der Waals surface area contributed by atoms with Gasteiger partial charge in [-0.3, -0.25) is 9.80 Å². The lowest BCUT2D eigenvalue weighted by atomic mass is 9.87. The molecule has 1 aromatic carbocycles. The number of nitrogens with zero attached hydrogens (tertiary/aromatic N) is 2. The summed E-state index contributed by atoms with van der Waals surface area (Å²) in [5.41, 5.74) is 1.41. The van der Waals surface area contributed by atoms with Gasteiger partial charge in [-0.15, -0.1) is 0 Å². The largest absolute Gasteiger partial charge is 0.491 e. The van der Waals surface area contributed by atoms with Crippen molar-refractivity contribution in [3.8, 4) is 5.75 Å². The summed E-state index contributed by atoms with van der Waals surface area (Å²) in [6.07, 6.45) is -0.489. The zero-order valence-electron chi connectivity index (χ0n) is 15.2. The monoisotopic (exact) mass is 336 g/mol. The maximum absolute atomic E-state index is 10.2.